The van der Waals surface area contributed by atoms with Crippen molar-refractivity contribution in [2.24, 2.45) is 0 Å². The molecule has 0 saturated carbocycles. The minimum absolute atomic E-state index is 0.0855. The third kappa shape index (κ3) is 3.57. The Hall–Kier alpha value is -1.89. The van der Waals surface area contributed by atoms with E-state index < -0.39 is 0 Å². The second kappa shape index (κ2) is 6.51. The lowest BCUT2D eigenvalue weighted by Crippen LogP contribution is -2.18. The van der Waals surface area contributed by atoms with E-state index in [-0.39, 0.29) is 11.9 Å². The molecule has 0 amide bonds. The second-order valence-corrected chi connectivity index (χ2v) is 5.01. The Balaban J connectivity index is 2.01. The van der Waals surface area contributed by atoms with Crippen LogP contribution in [0.4, 0.5) is 4.39 Å². The molecule has 0 fully saturated rings. The zero-order valence-electron chi connectivity index (χ0n) is 11.0. The first kappa shape index (κ1) is 14.5. The molecule has 2 aromatic rings. The summed E-state index contributed by atoms with van der Waals surface area (Å²) in [7, 11) is 0. The average molecular weight is 289 g/mol. The minimum Gasteiger partial charge on any atom is -0.306 e. The molecule has 0 saturated heterocycles. The quantitative estimate of drug-likeness (QED) is 0.915. The van der Waals surface area contributed by atoms with E-state index in [1.54, 1.807) is 12.1 Å². The van der Waals surface area contributed by atoms with Crippen molar-refractivity contribution >= 4 is 11.6 Å². The van der Waals surface area contributed by atoms with Crippen molar-refractivity contribution in [2.45, 2.75) is 19.5 Å². The van der Waals surface area contributed by atoms with E-state index in [1.165, 1.54) is 6.07 Å². The highest BCUT2D eigenvalue weighted by molar-refractivity contribution is 6.30. The molecule has 4 heteroatoms. The van der Waals surface area contributed by atoms with Crippen LogP contribution in [0.1, 0.15) is 29.7 Å². The number of hydrogen-bond acceptors (Lipinski definition) is 2. The lowest BCUT2D eigenvalue weighted by Gasteiger charge is -2.14. The highest BCUT2D eigenvalue weighted by Gasteiger charge is 2.07. The third-order valence-electron chi connectivity index (χ3n) is 3.15. The van der Waals surface area contributed by atoms with Gasteiger partial charge in [-0.05, 0) is 36.8 Å². The van der Waals surface area contributed by atoms with Crippen molar-refractivity contribution in [3.05, 3.63) is 70.0 Å². The summed E-state index contributed by atoms with van der Waals surface area (Å²) in [5, 5.41) is 12.6. The SMILES string of the molecule is CC(NCc1ccc(C#N)cc1F)c1ccc(Cl)cc1. The molecule has 0 aliphatic rings. The van der Waals surface area contributed by atoms with Crippen LogP contribution >= 0.6 is 11.6 Å². The summed E-state index contributed by atoms with van der Waals surface area (Å²) in [6.07, 6.45) is 0. The van der Waals surface area contributed by atoms with Gasteiger partial charge in [0.25, 0.3) is 0 Å². The maximum atomic E-state index is 13.7. The van der Waals surface area contributed by atoms with E-state index in [1.807, 2.05) is 37.3 Å². The number of hydrogen-bond donors (Lipinski definition) is 1. The van der Waals surface area contributed by atoms with Gasteiger partial charge in [0.05, 0.1) is 11.6 Å². The molecule has 0 heterocycles. The molecule has 102 valence electrons. The van der Waals surface area contributed by atoms with Gasteiger partial charge in [-0.1, -0.05) is 29.8 Å². The van der Waals surface area contributed by atoms with Crippen LogP contribution in [0, 0.1) is 17.1 Å². The van der Waals surface area contributed by atoms with E-state index >= 15 is 0 Å². The molecular weight excluding hydrogens is 275 g/mol. The molecule has 0 aliphatic carbocycles. The van der Waals surface area contributed by atoms with Crippen LogP contribution in [0.3, 0.4) is 0 Å². The fourth-order valence-electron chi connectivity index (χ4n) is 1.89. The van der Waals surface area contributed by atoms with E-state index in [2.05, 4.69) is 5.32 Å². The van der Waals surface area contributed by atoms with Gasteiger partial charge in [0, 0.05) is 23.2 Å². The molecule has 2 aromatic carbocycles. The smallest absolute Gasteiger partial charge is 0.129 e. The molecule has 2 nitrogen and oxygen atoms in total. The van der Waals surface area contributed by atoms with Gasteiger partial charge in [0.2, 0.25) is 0 Å². The molecule has 0 bridgehead atoms. The van der Waals surface area contributed by atoms with Crippen LogP contribution in [-0.4, -0.2) is 0 Å². The molecule has 1 N–H and O–H groups in total. The standard InChI is InChI=1S/C16H14ClFN2/c1-11(13-4-6-15(17)7-5-13)20-10-14-3-2-12(9-19)8-16(14)18/h2-8,11,20H,10H2,1H3. The van der Waals surface area contributed by atoms with Gasteiger partial charge < -0.3 is 5.32 Å². The largest absolute Gasteiger partial charge is 0.306 e. The number of nitriles is 1. The van der Waals surface area contributed by atoms with Gasteiger partial charge in [-0.25, -0.2) is 4.39 Å². The summed E-state index contributed by atoms with van der Waals surface area (Å²) >= 11 is 5.84. The second-order valence-electron chi connectivity index (χ2n) is 4.57. The van der Waals surface area contributed by atoms with Crippen molar-refractivity contribution < 1.29 is 4.39 Å². The Bertz CT molecular complexity index is 632. The maximum Gasteiger partial charge on any atom is 0.129 e. The van der Waals surface area contributed by atoms with Gasteiger partial charge in [-0.15, -0.1) is 0 Å². The van der Waals surface area contributed by atoms with Gasteiger partial charge in [0.1, 0.15) is 5.82 Å². The molecule has 0 spiro atoms. The number of nitrogens with zero attached hydrogens (tertiary/aromatic N) is 1. The normalized spacial score (nSPS) is 11.9. The summed E-state index contributed by atoms with van der Waals surface area (Å²) in [6, 6.07) is 14.1. The molecule has 1 unspecified atom stereocenters. The van der Waals surface area contributed by atoms with Crippen LogP contribution in [0.25, 0.3) is 0 Å². The van der Waals surface area contributed by atoms with E-state index in [4.69, 9.17) is 16.9 Å². The van der Waals surface area contributed by atoms with Gasteiger partial charge in [-0.3, -0.25) is 0 Å². The highest BCUT2D eigenvalue weighted by atomic mass is 35.5. The van der Waals surface area contributed by atoms with Crippen molar-refractivity contribution in [1.82, 2.24) is 5.32 Å². The lowest BCUT2D eigenvalue weighted by atomic mass is 10.1. The zero-order valence-corrected chi connectivity index (χ0v) is 11.8. The van der Waals surface area contributed by atoms with Crippen molar-refractivity contribution in [3.63, 3.8) is 0 Å². The maximum absolute atomic E-state index is 13.7. The average Bonchev–Trinajstić information content (AvgIpc) is 2.46. The highest BCUT2D eigenvalue weighted by Crippen LogP contribution is 2.17. The van der Waals surface area contributed by atoms with Gasteiger partial charge in [-0.2, -0.15) is 5.26 Å². The fraction of sp³-hybridized carbons (Fsp3) is 0.188. The van der Waals surface area contributed by atoms with Crippen LogP contribution in [0.15, 0.2) is 42.5 Å². The molecular formula is C16H14ClFN2. The molecule has 0 radical (unpaired) electrons. The predicted molar refractivity (Wildman–Crippen MR) is 77.8 cm³/mol. The summed E-state index contributed by atoms with van der Waals surface area (Å²) in [5.74, 6) is -0.361. The minimum atomic E-state index is -0.361. The van der Waals surface area contributed by atoms with Gasteiger partial charge >= 0.3 is 0 Å². The summed E-state index contributed by atoms with van der Waals surface area (Å²) in [6.45, 7) is 2.41. The summed E-state index contributed by atoms with van der Waals surface area (Å²) in [5.41, 5.74) is 1.96. The number of benzene rings is 2. The van der Waals surface area contributed by atoms with Crippen molar-refractivity contribution in [3.8, 4) is 6.07 Å². The Kier molecular flexibility index (Phi) is 4.73. The molecule has 20 heavy (non-hydrogen) atoms. The lowest BCUT2D eigenvalue weighted by molar-refractivity contribution is 0.544. The Morgan fingerprint density at radius 3 is 2.55 bits per heavy atom. The third-order valence-corrected chi connectivity index (χ3v) is 3.40. The van der Waals surface area contributed by atoms with Crippen LogP contribution in [-0.2, 0) is 6.54 Å². The van der Waals surface area contributed by atoms with E-state index in [0.717, 1.165) is 5.56 Å². The Morgan fingerprint density at radius 2 is 1.95 bits per heavy atom. The number of halogens is 2. The summed E-state index contributed by atoms with van der Waals surface area (Å²) in [4.78, 5) is 0. The first-order valence-corrected chi connectivity index (χ1v) is 6.65. The first-order chi connectivity index (χ1) is 9.60. The molecule has 0 aromatic heterocycles. The van der Waals surface area contributed by atoms with Crippen LogP contribution in [0.5, 0.6) is 0 Å². The summed E-state index contributed by atoms with van der Waals surface area (Å²) < 4.78 is 13.7. The topological polar surface area (TPSA) is 35.8 Å². The zero-order chi connectivity index (χ0) is 14.5. The molecule has 2 rings (SSSR count). The predicted octanol–water partition coefficient (Wildman–Crippen LogP) is 4.20. The number of rotatable bonds is 4. The van der Waals surface area contributed by atoms with Crippen LogP contribution in [0.2, 0.25) is 5.02 Å². The van der Waals surface area contributed by atoms with E-state index in [0.29, 0.717) is 22.7 Å². The Morgan fingerprint density at radius 1 is 1.25 bits per heavy atom. The fourth-order valence-corrected chi connectivity index (χ4v) is 2.02. The van der Waals surface area contributed by atoms with Crippen molar-refractivity contribution in [2.75, 3.05) is 0 Å². The first-order valence-electron chi connectivity index (χ1n) is 6.27. The van der Waals surface area contributed by atoms with Crippen LogP contribution < -0.4 is 5.32 Å². The molecule has 1 atom stereocenters. The number of nitrogens with one attached hydrogen (secondary N) is 1. The molecule has 0 aliphatic heterocycles. The van der Waals surface area contributed by atoms with Gasteiger partial charge in [0.15, 0.2) is 0 Å². The van der Waals surface area contributed by atoms with E-state index in [9.17, 15) is 4.39 Å². The monoisotopic (exact) mass is 288 g/mol. The Labute approximate surface area is 122 Å². The van der Waals surface area contributed by atoms with Crippen molar-refractivity contribution in [1.29, 1.82) is 5.26 Å².